The molecule has 3 N–H and O–H groups in total. The van der Waals surface area contributed by atoms with Crippen LogP contribution in [0.3, 0.4) is 0 Å². The highest BCUT2D eigenvalue weighted by atomic mass is 79.9. The van der Waals surface area contributed by atoms with E-state index in [2.05, 4.69) is 27.3 Å². The summed E-state index contributed by atoms with van der Waals surface area (Å²) in [6.07, 6.45) is 0. The van der Waals surface area contributed by atoms with E-state index >= 15 is 0 Å². The Morgan fingerprint density at radius 1 is 1.06 bits per heavy atom. The van der Waals surface area contributed by atoms with E-state index in [4.69, 9.17) is 5.73 Å². The minimum atomic E-state index is 0.797. The molecule has 0 bridgehead atoms. The van der Waals surface area contributed by atoms with Gasteiger partial charge in [-0.05, 0) is 35.9 Å². The molecule has 82 valence electrons. The number of nitrogens with two attached hydrogens (primary N) is 1. The third-order valence-electron chi connectivity index (χ3n) is 2.30. The van der Waals surface area contributed by atoms with Crippen molar-refractivity contribution in [1.29, 1.82) is 0 Å². The van der Waals surface area contributed by atoms with Crippen molar-refractivity contribution in [3.63, 3.8) is 0 Å². The Bertz CT molecular complexity index is 466. The minimum absolute atomic E-state index is 0.797. The van der Waals surface area contributed by atoms with Crippen LogP contribution in [0.25, 0.3) is 0 Å². The van der Waals surface area contributed by atoms with Gasteiger partial charge in [0, 0.05) is 22.4 Å². The zero-order valence-electron chi connectivity index (χ0n) is 8.78. The van der Waals surface area contributed by atoms with Crippen molar-refractivity contribution in [3.05, 3.63) is 58.6 Å². The monoisotopic (exact) mass is 276 g/mol. The van der Waals surface area contributed by atoms with Gasteiger partial charge in [0.1, 0.15) is 0 Å². The molecule has 0 saturated carbocycles. The van der Waals surface area contributed by atoms with Crippen LogP contribution >= 0.6 is 15.9 Å². The van der Waals surface area contributed by atoms with E-state index in [1.807, 2.05) is 42.5 Å². The maximum Gasteiger partial charge on any atom is 0.0400 e. The Kier molecular flexibility index (Phi) is 3.47. The van der Waals surface area contributed by atoms with E-state index in [1.165, 1.54) is 5.56 Å². The van der Waals surface area contributed by atoms with E-state index < -0.39 is 0 Å². The van der Waals surface area contributed by atoms with Crippen LogP contribution in [0.5, 0.6) is 0 Å². The molecule has 0 aromatic heterocycles. The van der Waals surface area contributed by atoms with Crippen LogP contribution < -0.4 is 11.1 Å². The number of hydrogen-bond acceptors (Lipinski definition) is 2. The minimum Gasteiger partial charge on any atom is -0.399 e. The number of anilines is 2. The number of hydrogen-bond donors (Lipinski definition) is 2. The quantitative estimate of drug-likeness (QED) is 0.840. The Hall–Kier alpha value is -1.48. The fraction of sp³-hybridized carbons (Fsp3) is 0.0769. The highest BCUT2D eigenvalue weighted by Crippen LogP contribution is 2.16. The van der Waals surface area contributed by atoms with Gasteiger partial charge in [0.2, 0.25) is 0 Å². The number of halogens is 1. The predicted octanol–water partition coefficient (Wildman–Crippen LogP) is 3.64. The summed E-state index contributed by atoms with van der Waals surface area (Å²) in [6.45, 7) is 0.802. The van der Waals surface area contributed by atoms with E-state index in [-0.39, 0.29) is 0 Å². The van der Waals surface area contributed by atoms with Crippen molar-refractivity contribution >= 4 is 27.3 Å². The van der Waals surface area contributed by atoms with E-state index in [9.17, 15) is 0 Å². The van der Waals surface area contributed by atoms with E-state index in [0.29, 0.717) is 0 Å². The molecule has 0 aliphatic heterocycles. The second kappa shape index (κ2) is 5.03. The first-order chi connectivity index (χ1) is 7.74. The summed E-state index contributed by atoms with van der Waals surface area (Å²) in [5.74, 6) is 0. The molecule has 0 aliphatic carbocycles. The number of nitrogen functional groups attached to an aromatic ring is 1. The molecule has 2 nitrogen and oxygen atoms in total. The lowest BCUT2D eigenvalue weighted by atomic mass is 10.2. The molecule has 3 heteroatoms. The van der Waals surface area contributed by atoms with Crippen LogP contribution in [-0.2, 0) is 6.54 Å². The summed E-state index contributed by atoms with van der Waals surface area (Å²) in [6, 6.07) is 16.0. The van der Waals surface area contributed by atoms with Crippen molar-refractivity contribution in [2.24, 2.45) is 0 Å². The number of rotatable bonds is 3. The zero-order valence-corrected chi connectivity index (χ0v) is 10.4. The maximum atomic E-state index is 5.63. The highest BCUT2D eigenvalue weighted by Gasteiger charge is 1.94. The first-order valence-corrected chi connectivity index (χ1v) is 5.87. The topological polar surface area (TPSA) is 38.0 Å². The third-order valence-corrected chi connectivity index (χ3v) is 2.79. The lowest BCUT2D eigenvalue weighted by Crippen LogP contribution is -1.99. The molecule has 2 aromatic carbocycles. The Labute approximate surface area is 104 Å². The summed E-state index contributed by atoms with van der Waals surface area (Å²) in [5.41, 5.74) is 8.74. The normalized spacial score (nSPS) is 10.1. The van der Waals surface area contributed by atoms with E-state index in [1.54, 1.807) is 0 Å². The molecule has 0 atom stereocenters. The Morgan fingerprint density at radius 3 is 2.50 bits per heavy atom. The summed E-state index contributed by atoms with van der Waals surface area (Å²) >= 11 is 3.44. The lowest BCUT2D eigenvalue weighted by Gasteiger charge is -2.07. The maximum absolute atomic E-state index is 5.63. The second-order valence-electron chi connectivity index (χ2n) is 3.61. The van der Waals surface area contributed by atoms with Crippen molar-refractivity contribution in [3.8, 4) is 0 Å². The average Bonchev–Trinajstić information content (AvgIpc) is 2.28. The van der Waals surface area contributed by atoms with Gasteiger partial charge in [0.25, 0.3) is 0 Å². The molecule has 16 heavy (non-hydrogen) atoms. The Morgan fingerprint density at radius 2 is 1.81 bits per heavy atom. The van der Waals surface area contributed by atoms with Crippen LogP contribution in [0, 0.1) is 0 Å². The van der Waals surface area contributed by atoms with Crippen molar-refractivity contribution < 1.29 is 0 Å². The molecule has 0 saturated heterocycles. The molecule has 2 rings (SSSR count). The Balaban J connectivity index is 1.99. The third kappa shape index (κ3) is 3.00. The average molecular weight is 277 g/mol. The molecule has 0 unspecified atom stereocenters. The van der Waals surface area contributed by atoms with Gasteiger partial charge in [-0.2, -0.15) is 0 Å². The predicted molar refractivity (Wildman–Crippen MR) is 72.3 cm³/mol. The van der Waals surface area contributed by atoms with Crippen LogP contribution in [0.15, 0.2) is 53.0 Å². The van der Waals surface area contributed by atoms with Crippen molar-refractivity contribution in [1.82, 2.24) is 0 Å². The highest BCUT2D eigenvalue weighted by molar-refractivity contribution is 9.10. The standard InChI is InChI=1S/C13H13BrN2/c14-11-2-1-3-13(8-11)16-9-10-4-6-12(15)7-5-10/h1-8,16H,9,15H2. The largest absolute Gasteiger partial charge is 0.399 e. The van der Waals surface area contributed by atoms with Crippen LogP contribution in [0.1, 0.15) is 5.56 Å². The number of nitrogens with one attached hydrogen (secondary N) is 1. The summed E-state index contributed by atoms with van der Waals surface area (Å²) in [5, 5.41) is 3.35. The molecule has 0 radical (unpaired) electrons. The van der Waals surface area contributed by atoms with Gasteiger partial charge in [-0.15, -0.1) is 0 Å². The molecule has 0 amide bonds. The van der Waals surface area contributed by atoms with Gasteiger partial charge in [-0.25, -0.2) is 0 Å². The summed E-state index contributed by atoms with van der Waals surface area (Å²) < 4.78 is 1.08. The number of benzene rings is 2. The van der Waals surface area contributed by atoms with Gasteiger partial charge < -0.3 is 11.1 Å². The molecule has 0 spiro atoms. The lowest BCUT2D eigenvalue weighted by molar-refractivity contribution is 1.15. The van der Waals surface area contributed by atoms with Crippen molar-refractivity contribution in [2.45, 2.75) is 6.54 Å². The van der Waals surface area contributed by atoms with Gasteiger partial charge in [0.05, 0.1) is 0 Å². The van der Waals surface area contributed by atoms with Crippen LogP contribution in [0.2, 0.25) is 0 Å². The van der Waals surface area contributed by atoms with Gasteiger partial charge >= 0.3 is 0 Å². The molecule has 2 aromatic rings. The first-order valence-electron chi connectivity index (χ1n) is 5.08. The van der Waals surface area contributed by atoms with Gasteiger partial charge in [-0.1, -0.05) is 34.1 Å². The smallest absolute Gasteiger partial charge is 0.0400 e. The van der Waals surface area contributed by atoms with Gasteiger partial charge in [0.15, 0.2) is 0 Å². The van der Waals surface area contributed by atoms with Crippen LogP contribution in [0.4, 0.5) is 11.4 Å². The summed E-state index contributed by atoms with van der Waals surface area (Å²) in [7, 11) is 0. The molecule has 0 heterocycles. The fourth-order valence-electron chi connectivity index (χ4n) is 1.44. The molecule has 0 fully saturated rings. The molecular formula is C13H13BrN2. The molecule has 0 aliphatic rings. The molecular weight excluding hydrogens is 264 g/mol. The second-order valence-corrected chi connectivity index (χ2v) is 4.52. The fourth-order valence-corrected chi connectivity index (χ4v) is 1.84. The zero-order chi connectivity index (χ0) is 11.4. The van der Waals surface area contributed by atoms with Crippen LogP contribution in [-0.4, -0.2) is 0 Å². The first kappa shape index (κ1) is 11.0. The van der Waals surface area contributed by atoms with Crippen molar-refractivity contribution in [2.75, 3.05) is 11.1 Å². The SMILES string of the molecule is Nc1ccc(CNc2cccc(Br)c2)cc1. The summed E-state index contributed by atoms with van der Waals surface area (Å²) in [4.78, 5) is 0. The van der Waals surface area contributed by atoms with E-state index in [0.717, 1.165) is 22.4 Å². The van der Waals surface area contributed by atoms with Gasteiger partial charge in [-0.3, -0.25) is 0 Å².